The van der Waals surface area contributed by atoms with Crippen LogP contribution >= 0.6 is 0 Å². The zero-order chi connectivity index (χ0) is 17.4. The maximum atomic E-state index is 13.7. The van der Waals surface area contributed by atoms with Gasteiger partial charge in [-0.15, -0.1) is 0 Å². The lowest BCUT2D eigenvalue weighted by Gasteiger charge is -2.15. The van der Waals surface area contributed by atoms with Crippen LogP contribution < -0.4 is 4.18 Å². The summed E-state index contributed by atoms with van der Waals surface area (Å²) in [6, 6.07) is 5.42. The Morgan fingerprint density at radius 1 is 0.957 bits per heavy atom. The van der Waals surface area contributed by atoms with Crippen LogP contribution in [0.1, 0.15) is 30.9 Å². The molecule has 0 aliphatic rings. The van der Waals surface area contributed by atoms with Crippen molar-refractivity contribution >= 4 is 10.1 Å². The van der Waals surface area contributed by atoms with Crippen LogP contribution in [-0.4, -0.2) is 8.42 Å². The van der Waals surface area contributed by atoms with E-state index in [0.717, 1.165) is 5.56 Å². The number of benzene rings is 2. The Balaban J connectivity index is 2.51. The maximum absolute atomic E-state index is 13.7. The van der Waals surface area contributed by atoms with E-state index in [0.29, 0.717) is 5.56 Å². The third-order valence-electron chi connectivity index (χ3n) is 3.23. The first-order chi connectivity index (χ1) is 10.6. The van der Waals surface area contributed by atoms with E-state index in [1.807, 2.05) is 13.8 Å². The van der Waals surface area contributed by atoms with Crippen LogP contribution in [0.25, 0.3) is 0 Å². The first-order valence-electron chi connectivity index (χ1n) is 6.81. The van der Waals surface area contributed by atoms with Gasteiger partial charge in [0.05, 0.1) is 0 Å². The first kappa shape index (κ1) is 17.3. The van der Waals surface area contributed by atoms with Crippen molar-refractivity contribution in [1.82, 2.24) is 0 Å². The molecule has 0 radical (unpaired) electrons. The minimum Gasteiger partial charge on any atom is -0.379 e. The molecule has 0 spiro atoms. The topological polar surface area (TPSA) is 43.4 Å². The fourth-order valence-corrected chi connectivity index (χ4v) is 3.07. The van der Waals surface area contributed by atoms with E-state index in [9.17, 15) is 21.6 Å². The zero-order valence-electron chi connectivity index (χ0n) is 12.7. The van der Waals surface area contributed by atoms with Gasteiger partial charge >= 0.3 is 10.1 Å². The van der Waals surface area contributed by atoms with Gasteiger partial charge in [0.1, 0.15) is 16.5 Å². The molecule has 2 rings (SSSR count). The first-order valence-corrected chi connectivity index (χ1v) is 8.22. The van der Waals surface area contributed by atoms with Crippen molar-refractivity contribution < 1.29 is 25.8 Å². The minimum absolute atomic E-state index is 0.0316. The fourth-order valence-electron chi connectivity index (χ4n) is 2.05. The molecule has 0 unspecified atom stereocenters. The van der Waals surface area contributed by atoms with Crippen LogP contribution in [0.4, 0.5) is 13.2 Å². The molecule has 0 saturated heterocycles. The molecule has 23 heavy (non-hydrogen) atoms. The molecule has 3 nitrogen and oxygen atoms in total. The van der Waals surface area contributed by atoms with Crippen molar-refractivity contribution in [3.05, 3.63) is 58.9 Å². The normalized spacial score (nSPS) is 11.8. The number of hydrogen-bond donors (Lipinski definition) is 0. The van der Waals surface area contributed by atoms with Crippen molar-refractivity contribution in [2.24, 2.45) is 0 Å². The predicted octanol–water partition coefficient (Wildman–Crippen LogP) is 4.30. The quantitative estimate of drug-likeness (QED) is 0.613. The average Bonchev–Trinajstić information content (AvgIpc) is 2.41. The van der Waals surface area contributed by atoms with Crippen LogP contribution in [0.5, 0.6) is 5.75 Å². The predicted molar refractivity (Wildman–Crippen MR) is 79.4 cm³/mol. The highest BCUT2D eigenvalue weighted by Crippen LogP contribution is 2.31. The van der Waals surface area contributed by atoms with E-state index < -0.39 is 32.5 Å². The van der Waals surface area contributed by atoms with E-state index in [1.165, 1.54) is 6.07 Å². The van der Waals surface area contributed by atoms with Gasteiger partial charge < -0.3 is 4.18 Å². The van der Waals surface area contributed by atoms with Crippen LogP contribution in [0, 0.1) is 24.4 Å². The van der Waals surface area contributed by atoms with Gasteiger partial charge in [-0.05, 0) is 30.0 Å². The summed E-state index contributed by atoms with van der Waals surface area (Å²) in [5, 5.41) is 0. The van der Waals surface area contributed by atoms with E-state index in [-0.39, 0.29) is 23.8 Å². The Kier molecular flexibility index (Phi) is 4.70. The lowest BCUT2D eigenvalue weighted by atomic mass is 10.0. The molecule has 2 aromatic rings. The molecule has 0 aliphatic carbocycles. The van der Waals surface area contributed by atoms with Gasteiger partial charge in [-0.1, -0.05) is 26.0 Å². The molecular formula is C16H15F3O3S. The molecule has 7 heteroatoms. The molecule has 0 heterocycles. The van der Waals surface area contributed by atoms with E-state index in [1.54, 1.807) is 19.1 Å². The van der Waals surface area contributed by atoms with Gasteiger partial charge in [0, 0.05) is 12.1 Å². The SMILES string of the molecule is Cc1ccc(C(C)C)c(OS(=O)(=O)c2cc(F)c(F)cc2F)c1. The highest BCUT2D eigenvalue weighted by Gasteiger charge is 2.25. The molecule has 0 aliphatic heterocycles. The van der Waals surface area contributed by atoms with Gasteiger partial charge in [-0.25, -0.2) is 13.2 Å². The summed E-state index contributed by atoms with van der Waals surface area (Å²) >= 11 is 0. The lowest BCUT2D eigenvalue weighted by molar-refractivity contribution is 0.457. The number of rotatable bonds is 4. The molecular weight excluding hydrogens is 329 g/mol. The Bertz CT molecular complexity index is 846. The highest BCUT2D eigenvalue weighted by molar-refractivity contribution is 7.87. The number of halogens is 3. The molecule has 0 amide bonds. The molecule has 124 valence electrons. The summed E-state index contributed by atoms with van der Waals surface area (Å²) in [6.45, 7) is 5.41. The lowest BCUT2D eigenvalue weighted by Crippen LogP contribution is -2.14. The van der Waals surface area contributed by atoms with Crippen LogP contribution in [0.15, 0.2) is 35.2 Å². The second kappa shape index (κ2) is 6.23. The fraction of sp³-hybridized carbons (Fsp3) is 0.250. The van der Waals surface area contributed by atoms with Crippen molar-refractivity contribution in [2.75, 3.05) is 0 Å². The summed E-state index contributed by atoms with van der Waals surface area (Å²) in [4.78, 5) is -1.05. The summed E-state index contributed by atoms with van der Waals surface area (Å²) < 4.78 is 69.3. The van der Waals surface area contributed by atoms with Crippen molar-refractivity contribution in [3.8, 4) is 5.75 Å². The van der Waals surface area contributed by atoms with E-state index >= 15 is 0 Å². The molecule has 0 aromatic heterocycles. The third kappa shape index (κ3) is 3.67. The van der Waals surface area contributed by atoms with E-state index in [4.69, 9.17) is 4.18 Å². The van der Waals surface area contributed by atoms with Crippen molar-refractivity contribution in [2.45, 2.75) is 31.6 Å². The second-order valence-corrected chi connectivity index (χ2v) is 6.94. The average molecular weight is 344 g/mol. The molecule has 0 fully saturated rings. The maximum Gasteiger partial charge on any atom is 0.342 e. The largest absolute Gasteiger partial charge is 0.379 e. The second-order valence-electron chi connectivity index (χ2n) is 5.43. The van der Waals surface area contributed by atoms with Crippen molar-refractivity contribution in [1.29, 1.82) is 0 Å². The minimum atomic E-state index is -4.64. The number of aryl methyl sites for hydroxylation is 1. The Morgan fingerprint density at radius 3 is 2.17 bits per heavy atom. The summed E-state index contributed by atoms with van der Waals surface area (Å²) in [6.07, 6.45) is 0. The zero-order valence-corrected chi connectivity index (χ0v) is 13.5. The monoisotopic (exact) mass is 344 g/mol. The molecule has 0 atom stereocenters. The molecule has 0 saturated carbocycles. The van der Waals surface area contributed by atoms with Crippen LogP contribution in [0.3, 0.4) is 0 Å². The van der Waals surface area contributed by atoms with Gasteiger partial charge in [0.15, 0.2) is 11.6 Å². The van der Waals surface area contributed by atoms with E-state index in [2.05, 4.69) is 0 Å². The molecule has 0 bridgehead atoms. The summed E-state index contributed by atoms with van der Waals surface area (Å²) in [5.74, 6) is -4.37. The number of hydrogen-bond acceptors (Lipinski definition) is 3. The van der Waals surface area contributed by atoms with Gasteiger partial charge in [-0.3, -0.25) is 0 Å². The van der Waals surface area contributed by atoms with Gasteiger partial charge in [0.2, 0.25) is 0 Å². The standard InChI is InChI=1S/C16H15F3O3S/c1-9(2)11-5-4-10(3)6-15(11)22-23(20,21)16-8-13(18)12(17)7-14(16)19/h4-9H,1-3H3. The summed E-state index contributed by atoms with van der Waals surface area (Å²) in [5.41, 5.74) is 1.34. The van der Waals surface area contributed by atoms with Crippen LogP contribution in [-0.2, 0) is 10.1 Å². The Labute approximate surface area is 132 Å². The molecule has 2 aromatic carbocycles. The van der Waals surface area contributed by atoms with Gasteiger partial charge in [0.25, 0.3) is 0 Å². The molecule has 0 N–H and O–H groups in total. The Morgan fingerprint density at radius 2 is 1.57 bits per heavy atom. The van der Waals surface area contributed by atoms with Crippen LogP contribution in [0.2, 0.25) is 0 Å². The van der Waals surface area contributed by atoms with Gasteiger partial charge in [-0.2, -0.15) is 8.42 Å². The smallest absolute Gasteiger partial charge is 0.342 e. The summed E-state index contributed by atoms with van der Waals surface area (Å²) in [7, 11) is -4.64. The Hall–Kier alpha value is -2.02. The highest BCUT2D eigenvalue weighted by atomic mass is 32.2. The third-order valence-corrected chi connectivity index (χ3v) is 4.49. The van der Waals surface area contributed by atoms with Crippen molar-refractivity contribution in [3.63, 3.8) is 0 Å².